The van der Waals surface area contributed by atoms with Gasteiger partial charge in [0, 0.05) is 20.5 Å². The van der Waals surface area contributed by atoms with E-state index in [0.29, 0.717) is 21.4 Å². The molecule has 2 rings (SSSR count). The van der Waals surface area contributed by atoms with Crippen molar-refractivity contribution >= 4 is 40.7 Å². The zero-order valence-corrected chi connectivity index (χ0v) is 11.7. The molecule has 0 saturated heterocycles. The molecule has 0 unspecified atom stereocenters. The molecule has 0 atom stereocenters. The van der Waals surface area contributed by atoms with Gasteiger partial charge in [-0.15, -0.1) is 11.8 Å². The minimum absolute atomic E-state index is 0.0895. The molecule has 0 fully saturated rings. The third kappa shape index (κ3) is 3.77. The lowest BCUT2D eigenvalue weighted by Crippen LogP contribution is -2.01. The summed E-state index contributed by atoms with van der Waals surface area (Å²) in [6.07, 6.45) is 0. The number of rotatable bonds is 4. The minimum atomic E-state index is 0.0895. The van der Waals surface area contributed by atoms with E-state index in [1.807, 2.05) is 24.3 Å². The van der Waals surface area contributed by atoms with Gasteiger partial charge in [-0.3, -0.25) is 4.79 Å². The molecule has 1 nitrogen and oxygen atoms in total. The molecule has 0 N–H and O–H groups in total. The molecule has 2 aromatic carbocycles. The minimum Gasteiger partial charge on any atom is -0.293 e. The first-order valence-corrected chi connectivity index (χ1v) is 7.06. The van der Waals surface area contributed by atoms with Crippen molar-refractivity contribution in [3.8, 4) is 0 Å². The molecule has 0 bridgehead atoms. The highest BCUT2D eigenvalue weighted by Gasteiger charge is 2.06. The molecule has 0 saturated carbocycles. The molecule has 0 spiro atoms. The first-order valence-electron chi connectivity index (χ1n) is 5.32. The van der Waals surface area contributed by atoms with Gasteiger partial charge in [-0.1, -0.05) is 23.2 Å². The van der Waals surface area contributed by atoms with Gasteiger partial charge in [0.2, 0.25) is 0 Å². The van der Waals surface area contributed by atoms with E-state index < -0.39 is 0 Å². The lowest BCUT2D eigenvalue weighted by Gasteiger charge is -2.02. The Bertz CT molecular complexity index is 535. The van der Waals surface area contributed by atoms with Crippen LogP contribution in [0.1, 0.15) is 10.4 Å². The number of ketones is 1. The van der Waals surface area contributed by atoms with Crippen molar-refractivity contribution in [2.75, 3.05) is 5.75 Å². The molecule has 0 amide bonds. The van der Waals surface area contributed by atoms with Crippen molar-refractivity contribution in [1.29, 1.82) is 0 Å². The quantitative estimate of drug-likeness (QED) is 0.585. The summed E-state index contributed by atoms with van der Waals surface area (Å²) in [6, 6.07) is 14.4. The summed E-state index contributed by atoms with van der Waals surface area (Å²) in [5, 5.41) is 1.33. The summed E-state index contributed by atoms with van der Waals surface area (Å²) in [6.45, 7) is 0. The van der Waals surface area contributed by atoms with Crippen LogP contribution in [0.2, 0.25) is 10.0 Å². The predicted octanol–water partition coefficient (Wildman–Crippen LogP) is 4.97. The summed E-state index contributed by atoms with van der Waals surface area (Å²) in [4.78, 5) is 12.9. The zero-order chi connectivity index (χ0) is 13.0. The summed E-state index contributed by atoms with van der Waals surface area (Å²) in [5.41, 5.74) is 0.681. The van der Waals surface area contributed by atoms with Crippen LogP contribution in [0.3, 0.4) is 0 Å². The second-order valence-corrected chi connectivity index (χ2v) is 5.59. The van der Waals surface area contributed by atoms with Crippen LogP contribution in [0.15, 0.2) is 53.4 Å². The second-order valence-electron chi connectivity index (χ2n) is 3.67. The van der Waals surface area contributed by atoms with Gasteiger partial charge in [-0.2, -0.15) is 0 Å². The third-order valence-corrected chi connectivity index (χ3v) is 3.87. The van der Waals surface area contributed by atoms with Gasteiger partial charge >= 0.3 is 0 Å². The standard InChI is InChI=1S/C14H10Cl2OS/c15-11-3-1-10(2-4-11)14(17)9-18-13-7-5-12(16)6-8-13/h1-8H,9H2. The van der Waals surface area contributed by atoms with E-state index in [0.717, 1.165) is 4.90 Å². The van der Waals surface area contributed by atoms with Gasteiger partial charge in [-0.25, -0.2) is 0 Å². The number of halogens is 2. The number of Topliss-reactive ketones (excluding diaryl/α,β-unsaturated/α-hetero) is 1. The molecule has 0 aromatic heterocycles. The average Bonchev–Trinajstić information content (AvgIpc) is 2.38. The fraction of sp³-hybridized carbons (Fsp3) is 0.0714. The molecule has 18 heavy (non-hydrogen) atoms. The molecular weight excluding hydrogens is 287 g/mol. The Morgan fingerprint density at radius 1 is 0.889 bits per heavy atom. The van der Waals surface area contributed by atoms with E-state index in [2.05, 4.69) is 0 Å². The molecule has 4 heteroatoms. The largest absolute Gasteiger partial charge is 0.293 e. The van der Waals surface area contributed by atoms with Crippen LogP contribution in [0, 0.1) is 0 Å². The Morgan fingerprint density at radius 2 is 1.39 bits per heavy atom. The number of hydrogen-bond donors (Lipinski definition) is 0. The predicted molar refractivity (Wildman–Crippen MR) is 78.0 cm³/mol. The van der Waals surface area contributed by atoms with Crippen LogP contribution in [0.5, 0.6) is 0 Å². The Balaban J connectivity index is 1.96. The number of benzene rings is 2. The maximum Gasteiger partial charge on any atom is 0.173 e. The number of carbonyl (C=O) groups is 1. The van der Waals surface area contributed by atoms with E-state index in [1.165, 1.54) is 11.8 Å². The maximum atomic E-state index is 11.9. The van der Waals surface area contributed by atoms with Gasteiger partial charge in [0.05, 0.1) is 5.75 Å². The Hall–Kier alpha value is -0.960. The molecular formula is C14H10Cl2OS. The van der Waals surface area contributed by atoms with Crippen LogP contribution in [0.25, 0.3) is 0 Å². The molecule has 0 heterocycles. The molecule has 0 aliphatic carbocycles. The molecule has 2 aromatic rings. The maximum absolute atomic E-state index is 11.9. The van der Waals surface area contributed by atoms with E-state index in [4.69, 9.17) is 23.2 Å². The van der Waals surface area contributed by atoms with E-state index in [-0.39, 0.29) is 5.78 Å². The average molecular weight is 297 g/mol. The normalized spacial score (nSPS) is 10.3. The van der Waals surface area contributed by atoms with E-state index in [9.17, 15) is 4.79 Å². The lowest BCUT2D eigenvalue weighted by atomic mass is 10.1. The van der Waals surface area contributed by atoms with Crippen molar-refractivity contribution < 1.29 is 4.79 Å². The van der Waals surface area contributed by atoms with E-state index in [1.54, 1.807) is 24.3 Å². The van der Waals surface area contributed by atoms with Gasteiger partial charge in [0.1, 0.15) is 0 Å². The van der Waals surface area contributed by atoms with Crippen molar-refractivity contribution in [2.24, 2.45) is 0 Å². The summed E-state index contributed by atoms with van der Waals surface area (Å²) >= 11 is 13.1. The van der Waals surface area contributed by atoms with Crippen molar-refractivity contribution in [2.45, 2.75) is 4.90 Å². The van der Waals surface area contributed by atoms with Crippen LogP contribution in [-0.4, -0.2) is 11.5 Å². The number of hydrogen-bond acceptors (Lipinski definition) is 2. The topological polar surface area (TPSA) is 17.1 Å². The zero-order valence-electron chi connectivity index (χ0n) is 9.40. The van der Waals surface area contributed by atoms with Crippen LogP contribution in [-0.2, 0) is 0 Å². The van der Waals surface area contributed by atoms with Crippen LogP contribution in [0.4, 0.5) is 0 Å². The monoisotopic (exact) mass is 296 g/mol. The smallest absolute Gasteiger partial charge is 0.173 e. The Labute approximate surface area is 120 Å². The SMILES string of the molecule is O=C(CSc1ccc(Cl)cc1)c1ccc(Cl)cc1. The summed E-state index contributed by atoms with van der Waals surface area (Å²) in [7, 11) is 0. The van der Waals surface area contributed by atoms with Crippen LogP contribution < -0.4 is 0 Å². The molecule has 92 valence electrons. The lowest BCUT2D eigenvalue weighted by molar-refractivity contribution is 0.102. The van der Waals surface area contributed by atoms with Gasteiger partial charge in [0.15, 0.2) is 5.78 Å². The molecule has 0 aliphatic rings. The second kappa shape index (κ2) is 6.28. The first kappa shape index (κ1) is 13.5. The molecule has 0 aliphatic heterocycles. The fourth-order valence-electron chi connectivity index (χ4n) is 1.40. The van der Waals surface area contributed by atoms with Crippen molar-refractivity contribution in [1.82, 2.24) is 0 Å². The fourth-order valence-corrected chi connectivity index (χ4v) is 2.44. The summed E-state index contributed by atoms with van der Waals surface area (Å²) in [5.74, 6) is 0.495. The third-order valence-electron chi connectivity index (χ3n) is 2.35. The highest BCUT2D eigenvalue weighted by Crippen LogP contribution is 2.21. The van der Waals surface area contributed by atoms with Crippen molar-refractivity contribution in [3.63, 3.8) is 0 Å². The Kier molecular flexibility index (Phi) is 4.70. The number of carbonyl (C=O) groups excluding carboxylic acids is 1. The summed E-state index contributed by atoms with van der Waals surface area (Å²) < 4.78 is 0. The number of thioether (sulfide) groups is 1. The highest BCUT2D eigenvalue weighted by molar-refractivity contribution is 8.00. The Morgan fingerprint density at radius 3 is 1.94 bits per heavy atom. The first-order chi connectivity index (χ1) is 8.65. The molecule has 0 radical (unpaired) electrons. The van der Waals surface area contributed by atoms with Gasteiger partial charge < -0.3 is 0 Å². The van der Waals surface area contributed by atoms with Gasteiger partial charge in [0.25, 0.3) is 0 Å². The van der Waals surface area contributed by atoms with Gasteiger partial charge in [-0.05, 0) is 48.5 Å². The van der Waals surface area contributed by atoms with Crippen LogP contribution >= 0.6 is 35.0 Å². The van der Waals surface area contributed by atoms with Crippen molar-refractivity contribution in [3.05, 3.63) is 64.1 Å². The highest BCUT2D eigenvalue weighted by atomic mass is 35.5. The van der Waals surface area contributed by atoms with E-state index >= 15 is 0 Å².